The van der Waals surface area contributed by atoms with Crippen molar-refractivity contribution in [2.24, 2.45) is 5.73 Å². The van der Waals surface area contributed by atoms with Crippen LogP contribution in [-0.2, 0) is 9.53 Å². The molecule has 0 unspecified atom stereocenters. The van der Waals surface area contributed by atoms with E-state index in [2.05, 4.69) is 0 Å². The molecule has 0 bridgehead atoms. The normalized spacial score (nSPS) is 26.7. The first-order valence-electron chi connectivity index (χ1n) is 4.88. The molecule has 4 nitrogen and oxygen atoms in total. The summed E-state index contributed by atoms with van der Waals surface area (Å²) in [5.74, 6) is 0.127. The average Bonchev–Trinajstić information content (AvgIpc) is 2.14. The molecule has 4 heteroatoms. The third kappa shape index (κ3) is 1.56. The number of hydrogen-bond acceptors (Lipinski definition) is 3. The second-order valence-electron chi connectivity index (χ2n) is 3.91. The van der Waals surface area contributed by atoms with Crippen LogP contribution in [0.2, 0.25) is 0 Å². The molecular weight excluding hydrogens is 168 g/mol. The van der Waals surface area contributed by atoms with Crippen LogP contribution in [0.3, 0.4) is 0 Å². The van der Waals surface area contributed by atoms with Gasteiger partial charge in [0.15, 0.2) is 0 Å². The summed E-state index contributed by atoms with van der Waals surface area (Å²) < 4.78 is 5.18. The molecule has 1 amide bonds. The SMILES string of the molecule is NC1(C(=O)N2CCOCC2)CCC1. The van der Waals surface area contributed by atoms with Gasteiger partial charge < -0.3 is 15.4 Å². The standard InChI is InChI=1S/C9H16N2O2/c10-9(2-1-3-9)8(12)11-4-6-13-7-5-11/h1-7,10H2. The maximum absolute atomic E-state index is 11.8. The van der Waals surface area contributed by atoms with Crippen LogP contribution in [0.15, 0.2) is 0 Å². The van der Waals surface area contributed by atoms with Crippen LogP contribution in [0.1, 0.15) is 19.3 Å². The van der Waals surface area contributed by atoms with Gasteiger partial charge in [-0.15, -0.1) is 0 Å². The Labute approximate surface area is 78.0 Å². The molecular formula is C9H16N2O2. The van der Waals surface area contributed by atoms with Crippen molar-refractivity contribution in [2.75, 3.05) is 26.3 Å². The highest BCUT2D eigenvalue weighted by Gasteiger charge is 2.42. The van der Waals surface area contributed by atoms with Crippen molar-refractivity contribution in [1.29, 1.82) is 0 Å². The fraction of sp³-hybridized carbons (Fsp3) is 0.889. The Morgan fingerprint density at radius 3 is 2.38 bits per heavy atom. The second kappa shape index (κ2) is 3.27. The van der Waals surface area contributed by atoms with Gasteiger partial charge in [0.1, 0.15) is 0 Å². The maximum atomic E-state index is 11.8. The molecule has 0 aromatic carbocycles. The summed E-state index contributed by atoms with van der Waals surface area (Å²) in [7, 11) is 0. The monoisotopic (exact) mass is 184 g/mol. The van der Waals surface area contributed by atoms with Crippen LogP contribution in [-0.4, -0.2) is 42.6 Å². The summed E-state index contributed by atoms with van der Waals surface area (Å²) >= 11 is 0. The van der Waals surface area contributed by atoms with E-state index in [9.17, 15) is 4.79 Å². The maximum Gasteiger partial charge on any atom is 0.242 e. The third-order valence-electron chi connectivity index (χ3n) is 2.97. The highest BCUT2D eigenvalue weighted by molar-refractivity contribution is 5.87. The van der Waals surface area contributed by atoms with Crippen molar-refractivity contribution in [3.63, 3.8) is 0 Å². The van der Waals surface area contributed by atoms with Crippen LogP contribution in [0, 0.1) is 0 Å². The molecule has 0 spiro atoms. The first-order valence-corrected chi connectivity index (χ1v) is 4.88. The van der Waals surface area contributed by atoms with Gasteiger partial charge in [-0.25, -0.2) is 0 Å². The Hall–Kier alpha value is -0.610. The molecule has 0 radical (unpaired) electrons. The van der Waals surface area contributed by atoms with Gasteiger partial charge in [-0.05, 0) is 19.3 Å². The first kappa shape index (κ1) is 8.97. The lowest BCUT2D eigenvalue weighted by Crippen LogP contribution is -2.61. The summed E-state index contributed by atoms with van der Waals surface area (Å²) in [6.07, 6.45) is 2.79. The van der Waals surface area contributed by atoms with Crippen molar-refractivity contribution in [2.45, 2.75) is 24.8 Å². The highest BCUT2D eigenvalue weighted by atomic mass is 16.5. The molecule has 1 saturated carbocycles. The third-order valence-corrected chi connectivity index (χ3v) is 2.97. The Bertz CT molecular complexity index is 208. The van der Waals surface area contributed by atoms with E-state index in [0.717, 1.165) is 19.3 Å². The second-order valence-corrected chi connectivity index (χ2v) is 3.91. The quantitative estimate of drug-likeness (QED) is 0.610. The van der Waals surface area contributed by atoms with E-state index >= 15 is 0 Å². The predicted molar refractivity (Wildman–Crippen MR) is 48.2 cm³/mol. The zero-order valence-electron chi connectivity index (χ0n) is 7.79. The predicted octanol–water partition coefficient (Wildman–Crippen LogP) is -0.273. The highest BCUT2D eigenvalue weighted by Crippen LogP contribution is 2.31. The number of ether oxygens (including phenoxy) is 1. The van der Waals surface area contributed by atoms with E-state index in [0.29, 0.717) is 26.3 Å². The van der Waals surface area contributed by atoms with Gasteiger partial charge in [-0.1, -0.05) is 0 Å². The zero-order valence-corrected chi connectivity index (χ0v) is 7.79. The topological polar surface area (TPSA) is 55.6 Å². The summed E-state index contributed by atoms with van der Waals surface area (Å²) in [4.78, 5) is 13.7. The van der Waals surface area contributed by atoms with E-state index in [1.165, 1.54) is 0 Å². The Morgan fingerprint density at radius 2 is 1.92 bits per heavy atom. The fourth-order valence-corrected chi connectivity index (χ4v) is 1.85. The summed E-state index contributed by atoms with van der Waals surface area (Å²) in [6.45, 7) is 2.72. The van der Waals surface area contributed by atoms with Crippen molar-refractivity contribution in [3.8, 4) is 0 Å². The number of rotatable bonds is 1. The molecule has 0 atom stereocenters. The van der Waals surface area contributed by atoms with Gasteiger partial charge >= 0.3 is 0 Å². The van der Waals surface area contributed by atoms with Crippen LogP contribution in [0.25, 0.3) is 0 Å². The Morgan fingerprint density at radius 1 is 1.31 bits per heavy atom. The van der Waals surface area contributed by atoms with Gasteiger partial charge in [-0.3, -0.25) is 4.79 Å². The number of morpholine rings is 1. The Balaban J connectivity index is 1.95. The van der Waals surface area contributed by atoms with Crippen LogP contribution >= 0.6 is 0 Å². The molecule has 2 rings (SSSR count). The molecule has 13 heavy (non-hydrogen) atoms. The average molecular weight is 184 g/mol. The molecule has 2 aliphatic rings. The van der Waals surface area contributed by atoms with E-state index < -0.39 is 5.54 Å². The van der Waals surface area contributed by atoms with Gasteiger partial charge in [-0.2, -0.15) is 0 Å². The van der Waals surface area contributed by atoms with Crippen molar-refractivity contribution in [3.05, 3.63) is 0 Å². The van der Waals surface area contributed by atoms with Crippen LogP contribution in [0.5, 0.6) is 0 Å². The van der Waals surface area contributed by atoms with Gasteiger partial charge in [0.2, 0.25) is 5.91 Å². The summed E-state index contributed by atoms with van der Waals surface area (Å²) in [5, 5.41) is 0. The molecule has 2 N–H and O–H groups in total. The lowest BCUT2D eigenvalue weighted by Gasteiger charge is -2.41. The first-order chi connectivity index (χ1) is 6.22. The summed E-state index contributed by atoms with van der Waals surface area (Å²) in [6, 6.07) is 0. The number of carbonyl (C=O) groups is 1. The molecule has 0 aromatic heterocycles. The minimum atomic E-state index is -0.530. The van der Waals surface area contributed by atoms with Gasteiger partial charge in [0, 0.05) is 13.1 Å². The number of nitrogens with zero attached hydrogens (tertiary/aromatic N) is 1. The molecule has 0 aromatic rings. The van der Waals surface area contributed by atoms with E-state index in [1.807, 2.05) is 4.90 Å². The van der Waals surface area contributed by atoms with Crippen molar-refractivity contribution < 1.29 is 9.53 Å². The summed E-state index contributed by atoms with van der Waals surface area (Å²) in [5.41, 5.74) is 5.41. The van der Waals surface area contributed by atoms with E-state index in [1.54, 1.807) is 0 Å². The minimum Gasteiger partial charge on any atom is -0.378 e. The number of amides is 1. The van der Waals surface area contributed by atoms with Gasteiger partial charge in [0.05, 0.1) is 18.8 Å². The van der Waals surface area contributed by atoms with Gasteiger partial charge in [0.25, 0.3) is 0 Å². The van der Waals surface area contributed by atoms with E-state index in [4.69, 9.17) is 10.5 Å². The Kier molecular flexibility index (Phi) is 2.26. The molecule has 1 aliphatic heterocycles. The zero-order chi connectivity index (χ0) is 9.31. The van der Waals surface area contributed by atoms with Crippen LogP contribution < -0.4 is 5.73 Å². The van der Waals surface area contributed by atoms with Crippen molar-refractivity contribution in [1.82, 2.24) is 4.90 Å². The lowest BCUT2D eigenvalue weighted by atomic mass is 9.76. The molecule has 1 aliphatic carbocycles. The number of hydrogen-bond donors (Lipinski definition) is 1. The number of nitrogens with two attached hydrogens (primary N) is 1. The smallest absolute Gasteiger partial charge is 0.242 e. The molecule has 1 heterocycles. The van der Waals surface area contributed by atoms with Crippen LogP contribution in [0.4, 0.5) is 0 Å². The molecule has 2 fully saturated rings. The van der Waals surface area contributed by atoms with Crippen molar-refractivity contribution >= 4 is 5.91 Å². The minimum absolute atomic E-state index is 0.127. The lowest BCUT2D eigenvalue weighted by molar-refractivity contribution is -0.144. The largest absolute Gasteiger partial charge is 0.378 e. The number of carbonyl (C=O) groups excluding carboxylic acids is 1. The molecule has 1 saturated heterocycles. The van der Waals surface area contributed by atoms with E-state index in [-0.39, 0.29) is 5.91 Å². The molecule has 74 valence electrons. The fourth-order valence-electron chi connectivity index (χ4n) is 1.85.